The molecule has 2 aromatic rings. The first-order valence-electron chi connectivity index (χ1n) is 10.7. The Kier molecular flexibility index (Phi) is 4.87. The Hall–Kier alpha value is -2.25. The number of rotatable bonds is 3. The highest BCUT2D eigenvalue weighted by atomic mass is 16.3. The summed E-state index contributed by atoms with van der Waals surface area (Å²) in [5.74, 6) is 0.746. The fourth-order valence-corrected chi connectivity index (χ4v) is 5.83. The first kappa shape index (κ1) is 18.8. The summed E-state index contributed by atoms with van der Waals surface area (Å²) >= 11 is 0. The number of aliphatic hydroxyl groups is 1. The van der Waals surface area contributed by atoms with Crippen LogP contribution in [-0.4, -0.2) is 68.7 Å². The molecule has 0 aliphatic carbocycles. The standard InChI is InChI=1S/C22H28N4O3/c27-13-20-16-9-15(19-7-3-4-8-26(19)20)10-24(11-16)21(28)12-25-14-23-18-6-2-1-5-17(18)22(25)29/h1-2,5-6,14-16,19-20,27H,3-4,7-13H2/t15-,16+,19+,20+/m1/s1. The predicted molar refractivity (Wildman–Crippen MR) is 109 cm³/mol. The number of para-hydroxylation sites is 1. The fraction of sp³-hybridized carbons (Fsp3) is 0.591. The van der Waals surface area contributed by atoms with Crippen molar-refractivity contribution in [2.24, 2.45) is 11.8 Å². The van der Waals surface area contributed by atoms with Gasteiger partial charge in [-0.3, -0.25) is 19.1 Å². The molecule has 3 aliphatic rings. The van der Waals surface area contributed by atoms with E-state index in [0.717, 1.165) is 25.9 Å². The average Bonchev–Trinajstić information content (AvgIpc) is 2.76. The molecular weight excluding hydrogens is 368 g/mol. The largest absolute Gasteiger partial charge is 0.395 e. The SMILES string of the molecule is O=C(Cn1cnc2ccccc2c1=O)N1C[C@H]2C[C@@H](C1)[C@H](CO)N1CCCC[C@@H]21. The molecule has 3 fully saturated rings. The highest BCUT2D eigenvalue weighted by molar-refractivity contribution is 5.79. The van der Waals surface area contributed by atoms with Gasteiger partial charge in [-0.25, -0.2) is 4.98 Å². The molecule has 7 nitrogen and oxygen atoms in total. The number of hydrogen-bond donors (Lipinski definition) is 1. The van der Waals surface area contributed by atoms with E-state index in [2.05, 4.69) is 9.88 Å². The Morgan fingerprint density at radius 2 is 2.00 bits per heavy atom. The first-order valence-corrected chi connectivity index (χ1v) is 10.7. The van der Waals surface area contributed by atoms with Crippen LogP contribution in [0.15, 0.2) is 35.4 Å². The van der Waals surface area contributed by atoms with Gasteiger partial charge in [0.1, 0.15) is 6.54 Å². The van der Waals surface area contributed by atoms with Crippen molar-refractivity contribution in [3.63, 3.8) is 0 Å². The molecule has 2 bridgehead atoms. The van der Waals surface area contributed by atoms with Crippen molar-refractivity contribution in [2.45, 2.75) is 44.3 Å². The van der Waals surface area contributed by atoms with Crippen molar-refractivity contribution in [2.75, 3.05) is 26.2 Å². The molecule has 1 aromatic heterocycles. The topological polar surface area (TPSA) is 78.7 Å². The molecule has 0 spiro atoms. The summed E-state index contributed by atoms with van der Waals surface area (Å²) in [4.78, 5) is 34.6. The molecule has 0 radical (unpaired) electrons. The summed E-state index contributed by atoms with van der Waals surface area (Å²) in [6.07, 6.45) is 6.16. The minimum atomic E-state index is -0.173. The molecule has 1 N–H and O–H groups in total. The number of amides is 1. The second kappa shape index (κ2) is 7.54. The molecule has 5 rings (SSSR count). The number of aliphatic hydroxyl groups excluding tert-OH is 1. The number of hydrogen-bond acceptors (Lipinski definition) is 5. The van der Waals surface area contributed by atoms with Crippen LogP contribution in [0, 0.1) is 11.8 Å². The highest BCUT2D eigenvalue weighted by Crippen LogP contribution is 2.41. The summed E-state index contributed by atoms with van der Waals surface area (Å²) in [6, 6.07) is 7.84. The third-order valence-corrected chi connectivity index (χ3v) is 7.20. The number of nitrogens with zero attached hydrogens (tertiary/aromatic N) is 4. The van der Waals surface area contributed by atoms with Crippen LogP contribution in [-0.2, 0) is 11.3 Å². The van der Waals surface area contributed by atoms with Gasteiger partial charge in [0, 0.05) is 25.2 Å². The lowest BCUT2D eigenvalue weighted by Gasteiger charge is -2.56. The summed E-state index contributed by atoms with van der Waals surface area (Å²) in [5.41, 5.74) is 0.477. The van der Waals surface area contributed by atoms with Crippen molar-refractivity contribution in [1.29, 1.82) is 0 Å². The van der Waals surface area contributed by atoms with E-state index >= 15 is 0 Å². The molecule has 0 unspecified atom stereocenters. The normalized spacial score (nSPS) is 29.6. The Balaban J connectivity index is 1.36. The minimum Gasteiger partial charge on any atom is -0.395 e. The maximum atomic E-state index is 13.1. The van der Waals surface area contributed by atoms with Gasteiger partial charge in [-0.05, 0) is 49.8 Å². The Labute approximate surface area is 169 Å². The molecule has 3 aliphatic heterocycles. The van der Waals surface area contributed by atoms with Crippen molar-refractivity contribution >= 4 is 16.8 Å². The van der Waals surface area contributed by atoms with Crippen LogP contribution >= 0.6 is 0 Å². The van der Waals surface area contributed by atoms with Crippen molar-refractivity contribution in [3.8, 4) is 0 Å². The van der Waals surface area contributed by atoms with E-state index in [1.807, 2.05) is 17.0 Å². The number of fused-ring (bicyclic) bond motifs is 5. The second-order valence-corrected chi connectivity index (χ2v) is 8.80. The number of carbonyl (C=O) groups is 1. The zero-order valence-corrected chi connectivity index (χ0v) is 16.6. The van der Waals surface area contributed by atoms with E-state index in [4.69, 9.17) is 0 Å². The van der Waals surface area contributed by atoms with Crippen LogP contribution in [0.4, 0.5) is 0 Å². The Morgan fingerprint density at radius 3 is 2.86 bits per heavy atom. The van der Waals surface area contributed by atoms with Gasteiger partial charge in [-0.15, -0.1) is 0 Å². The highest BCUT2D eigenvalue weighted by Gasteiger charge is 2.47. The number of likely N-dealkylation sites (tertiary alicyclic amines) is 1. The lowest BCUT2D eigenvalue weighted by molar-refractivity contribution is -0.143. The maximum absolute atomic E-state index is 13.1. The van der Waals surface area contributed by atoms with E-state index in [9.17, 15) is 14.7 Å². The third-order valence-electron chi connectivity index (χ3n) is 7.20. The van der Waals surface area contributed by atoms with Crippen molar-refractivity contribution in [1.82, 2.24) is 19.4 Å². The molecule has 154 valence electrons. The van der Waals surface area contributed by atoms with Crippen LogP contribution in [0.2, 0.25) is 0 Å². The Morgan fingerprint density at radius 1 is 1.17 bits per heavy atom. The van der Waals surface area contributed by atoms with Gasteiger partial charge in [0.2, 0.25) is 5.91 Å². The molecule has 0 saturated carbocycles. The fourth-order valence-electron chi connectivity index (χ4n) is 5.83. The zero-order chi connectivity index (χ0) is 20.0. The lowest BCUT2D eigenvalue weighted by atomic mass is 9.72. The average molecular weight is 396 g/mol. The minimum absolute atomic E-state index is 0.0221. The van der Waals surface area contributed by atoms with Crippen LogP contribution in [0.5, 0.6) is 0 Å². The molecule has 3 saturated heterocycles. The van der Waals surface area contributed by atoms with Gasteiger partial charge >= 0.3 is 0 Å². The first-order chi connectivity index (χ1) is 14.2. The zero-order valence-electron chi connectivity index (χ0n) is 16.6. The number of benzene rings is 1. The van der Waals surface area contributed by atoms with E-state index in [1.54, 1.807) is 12.1 Å². The Bertz CT molecular complexity index is 960. The van der Waals surface area contributed by atoms with Gasteiger partial charge < -0.3 is 10.0 Å². The summed E-state index contributed by atoms with van der Waals surface area (Å²) in [6.45, 7) is 2.66. The summed E-state index contributed by atoms with van der Waals surface area (Å²) in [5, 5.41) is 10.6. The van der Waals surface area contributed by atoms with E-state index in [-0.39, 0.29) is 30.7 Å². The number of carbonyl (C=O) groups excluding carboxylic acids is 1. The van der Waals surface area contributed by atoms with Gasteiger partial charge in [0.15, 0.2) is 0 Å². The molecule has 4 heterocycles. The monoisotopic (exact) mass is 396 g/mol. The maximum Gasteiger partial charge on any atom is 0.261 e. The van der Waals surface area contributed by atoms with Crippen LogP contribution in [0.1, 0.15) is 25.7 Å². The quantitative estimate of drug-likeness (QED) is 0.840. The molecule has 4 atom stereocenters. The van der Waals surface area contributed by atoms with Crippen LogP contribution in [0.3, 0.4) is 0 Å². The van der Waals surface area contributed by atoms with Crippen molar-refractivity contribution in [3.05, 3.63) is 40.9 Å². The van der Waals surface area contributed by atoms with Crippen molar-refractivity contribution < 1.29 is 9.90 Å². The summed E-state index contributed by atoms with van der Waals surface area (Å²) in [7, 11) is 0. The lowest BCUT2D eigenvalue weighted by Crippen LogP contribution is -2.65. The second-order valence-electron chi connectivity index (χ2n) is 8.80. The van der Waals surface area contributed by atoms with E-state index in [0.29, 0.717) is 35.3 Å². The van der Waals surface area contributed by atoms with Crippen LogP contribution < -0.4 is 5.56 Å². The summed E-state index contributed by atoms with van der Waals surface area (Å²) < 4.78 is 1.42. The molecular formula is C22H28N4O3. The molecule has 29 heavy (non-hydrogen) atoms. The van der Waals surface area contributed by atoms with Gasteiger partial charge in [-0.2, -0.15) is 0 Å². The van der Waals surface area contributed by atoms with Gasteiger partial charge in [0.25, 0.3) is 5.56 Å². The van der Waals surface area contributed by atoms with Gasteiger partial charge in [0.05, 0.1) is 23.8 Å². The predicted octanol–water partition coefficient (Wildman–Crippen LogP) is 1.09. The smallest absolute Gasteiger partial charge is 0.261 e. The number of piperidine rings is 3. The van der Waals surface area contributed by atoms with E-state index in [1.165, 1.54) is 23.7 Å². The molecule has 1 amide bonds. The number of aromatic nitrogens is 2. The third kappa shape index (κ3) is 3.26. The van der Waals surface area contributed by atoms with Crippen LogP contribution in [0.25, 0.3) is 10.9 Å². The van der Waals surface area contributed by atoms with E-state index < -0.39 is 0 Å². The molecule has 1 aromatic carbocycles. The van der Waals surface area contributed by atoms with Gasteiger partial charge in [-0.1, -0.05) is 18.6 Å². The molecule has 7 heteroatoms.